The van der Waals surface area contributed by atoms with Crippen LogP contribution in [0.1, 0.15) is 73.6 Å². The summed E-state index contributed by atoms with van der Waals surface area (Å²) in [6.45, 7) is 24.4. The molecule has 0 aromatic carbocycles. The quantitative estimate of drug-likeness (QED) is 0.228. The number of guanidine groups is 1. The Morgan fingerprint density at radius 3 is 2.03 bits per heavy atom. The molecular weight excluding hydrogens is 525 g/mol. The fourth-order valence-corrected chi connectivity index (χ4v) is 16.0. The number of aliphatic imine (C=N–C) groups is 1. The molecule has 1 saturated carbocycles. The first-order valence-corrected chi connectivity index (χ1v) is 21.3. The van der Waals surface area contributed by atoms with Crippen molar-refractivity contribution < 1.29 is 17.8 Å². The van der Waals surface area contributed by atoms with E-state index in [1.165, 1.54) is 57.7 Å². The molecule has 0 radical (unpaired) electrons. The van der Waals surface area contributed by atoms with Crippen LogP contribution in [0.5, 0.6) is 0 Å². The monoisotopic (exact) mass is 574 g/mol. The Hall–Kier alpha value is 0.776. The van der Waals surface area contributed by atoms with Gasteiger partial charge in [-0.05, 0) is 54.3 Å². The van der Waals surface area contributed by atoms with Gasteiger partial charge in [-0.15, -0.1) is 0 Å². The van der Waals surface area contributed by atoms with E-state index in [1.54, 1.807) is 0 Å². The number of nitrogens with zero attached hydrogens (tertiary/aromatic N) is 3. The molecule has 195 valence electrons. The molecule has 2 aliphatic heterocycles. The third-order valence-electron chi connectivity index (χ3n) is 8.33. The van der Waals surface area contributed by atoms with Gasteiger partial charge in [0.05, 0.1) is 0 Å². The molecule has 2 unspecified atom stereocenters. The summed E-state index contributed by atoms with van der Waals surface area (Å²) in [4.78, 5) is 7.57. The molecule has 2 fully saturated rings. The number of halogens is 2. The molecular formula is C24H50Cl2CrN3OSi2. The van der Waals surface area contributed by atoms with Crippen LogP contribution in [0.2, 0.25) is 35.3 Å². The van der Waals surface area contributed by atoms with Gasteiger partial charge in [-0.3, -0.25) is 4.99 Å². The number of fused-ring (bicyclic) bond motifs is 1. The Kier molecular flexibility index (Phi) is 13.4. The van der Waals surface area contributed by atoms with Crippen LogP contribution in [0, 0.1) is 7.43 Å². The second kappa shape index (κ2) is 13.9. The van der Waals surface area contributed by atoms with Gasteiger partial charge in [0.2, 0.25) is 8.32 Å². The maximum atomic E-state index is 7.20. The van der Waals surface area contributed by atoms with Gasteiger partial charge < -0.3 is 21.3 Å². The van der Waals surface area contributed by atoms with E-state index in [1.807, 2.05) is 0 Å². The third-order valence-corrected chi connectivity index (χ3v) is 18.8. The molecule has 0 aromatic heterocycles. The molecule has 3 rings (SSSR count). The predicted octanol–water partition coefficient (Wildman–Crippen LogP) is 7.90. The molecule has 0 spiro atoms. The summed E-state index contributed by atoms with van der Waals surface area (Å²) < 4.78 is 10.00. The number of rotatable bonds is 7. The first kappa shape index (κ1) is 31.8. The molecule has 1 saturated heterocycles. The van der Waals surface area contributed by atoms with Gasteiger partial charge in [-0.2, -0.15) is 0 Å². The van der Waals surface area contributed by atoms with Crippen molar-refractivity contribution in [2.45, 2.75) is 115 Å². The van der Waals surface area contributed by atoms with E-state index in [2.05, 4.69) is 64.1 Å². The standard InChI is InChI=1S/C23H47N3OSi2.CH3.2ClH.Cr/c1-18(2)29(19(3)4,20(5)6)27-21-11-12-22(17-21)28(7,8)26-16-10-15-25-14-9-13-24-23(25)26;;;;/h18-22H,9-17H2,1-8H3;1H3;2*1H;/q;-1;;;+3/p-2. The molecule has 0 amide bonds. The summed E-state index contributed by atoms with van der Waals surface area (Å²) in [5, 5.41) is 0. The summed E-state index contributed by atoms with van der Waals surface area (Å²) in [5.41, 5.74) is 2.87. The van der Waals surface area contributed by atoms with Crippen molar-refractivity contribution in [3.8, 4) is 0 Å². The summed E-state index contributed by atoms with van der Waals surface area (Å²) in [7, 11) is 6.29. The summed E-state index contributed by atoms with van der Waals surface area (Å²) >= 11 is -0.181. The van der Waals surface area contributed by atoms with Gasteiger partial charge in [-0.25, -0.2) is 0 Å². The third kappa shape index (κ3) is 7.18. The van der Waals surface area contributed by atoms with Crippen LogP contribution in [-0.2, 0) is 17.8 Å². The van der Waals surface area contributed by atoms with Crippen molar-refractivity contribution >= 4 is 42.6 Å². The van der Waals surface area contributed by atoms with Crippen molar-refractivity contribution in [3.05, 3.63) is 7.43 Å². The normalized spacial score (nSPS) is 23.7. The minimum absolute atomic E-state index is 0. The summed E-state index contributed by atoms with van der Waals surface area (Å²) in [6.07, 6.45) is 6.92. The van der Waals surface area contributed by atoms with Gasteiger partial charge in [0.15, 0.2) is 14.2 Å². The van der Waals surface area contributed by atoms with Crippen molar-refractivity contribution in [1.82, 2.24) is 9.47 Å². The Balaban J connectivity index is 0.00000129. The first-order valence-electron chi connectivity index (χ1n) is 12.7. The Bertz CT molecular complexity index is 601. The Labute approximate surface area is 222 Å². The van der Waals surface area contributed by atoms with Crippen molar-refractivity contribution in [2.75, 3.05) is 26.2 Å². The van der Waals surface area contributed by atoms with E-state index in [-0.39, 0.29) is 20.8 Å². The van der Waals surface area contributed by atoms with Crippen LogP contribution in [-0.4, -0.2) is 64.3 Å². The topological polar surface area (TPSA) is 28.1 Å². The van der Waals surface area contributed by atoms with E-state index < -0.39 is 16.6 Å². The Morgan fingerprint density at radius 2 is 1.48 bits per heavy atom. The van der Waals surface area contributed by atoms with Gasteiger partial charge in [0, 0.05) is 32.3 Å². The molecule has 0 N–H and O–H groups in total. The zero-order valence-corrected chi connectivity index (χ0v) is 27.5. The second-order valence-electron chi connectivity index (χ2n) is 11.3. The molecule has 3 aliphatic rings. The van der Waals surface area contributed by atoms with Crippen molar-refractivity contribution in [3.63, 3.8) is 0 Å². The molecule has 33 heavy (non-hydrogen) atoms. The van der Waals surface area contributed by atoms with Crippen LogP contribution < -0.4 is 0 Å². The first-order chi connectivity index (χ1) is 15.0. The molecule has 1 aliphatic carbocycles. The van der Waals surface area contributed by atoms with Crippen LogP contribution in [0.4, 0.5) is 0 Å². The predicted molar refractivity (Wildman–Crippen MR) is 149 cm³/mol. The zero-order valence-electron chi connectivity index (χ0n) is 22.7. The van der Waals surface area contributed by atoms with Gasteiger partial charge in [-0.1, -0.05) is 54.6 Å². The van der Waals surface area contributed by atoms with Crippen LogP contribution in [0.3, 0.4) is 0 Å². The minimum atomic E-state index is -1.78. The fourth-order valence-electron chi connectivity index (χ4n) is 6.78. The maximum absolute atomic E-state index is 7.20. The molecule has 0 bridgehead atoms. The van der Waals surface area contributed by atoms with Crippen LogP contribution in [0.15, 0.2) is 4.99 Å². The summed E-state index contributed by atoms with van der Waals surface area (Å²) in [6, 6.07) is 0. The van der Waals surface area contributed by atoms with E-state index in [4.69, 9.17) is 29.5 Å². The van der Waals surface area contributed by atoms with Crippen LogP contribution >= 0.6 is 20.1 Å². The fraction of sp³-hybridized carbons (Fsp3) is 0.917. The average molecular weight is 576 g/mol. The summed E-state index contributed by atoms with van der Waals surface area (Å²) in [5.74, 6) is 1.35. The molecule has 2 atom stereocenters. The van der Waals surface area contributed by atoms with Crippen LogP contribution in [0.25, 0.3) is 0 Å². The van der Waals surface area contributed by atoms with E-state index >= 15 is 0 Å². The molecule has 0 aromatic rings. The van der Waals surface area contributed by atoms with Gasteiger partial charge in [0.1, 0.15) is 0 Å². The number of hydrogen-bond acceptors (Lipinski definition) is 4. The van der Waals surface area contributed by atoms with Gasteiger partial charge >= 0.3 is 33.5 Å². The Morgan fingerprint density at radius 1 is 0.939 bits per heavy atom. The molecule has 2 heterocycles. The average Bonchev–Trinajstić information content (AvgIpc) is 3.21. The van der Waals surface area contributed by atoms with Crippen molar-refractivity contribution in [2.24, 2.45) is 4.99 Å². The number of hydrogen-bond donors (Lipinski definition) is 0. The zero-order chi connectivity index (χ0) is 24.1. The van der Waals surface area contributed by atoms with Crippen molar-refractivity contribution in [1.29, 1.82) is 0 Å². The molecule has 4 nitrogen and oxygen atoms in total. The van der Waals surface area contributed by atoms with Gasteiger partial charge in [0.25, 0.3) is 0 Å². The SMILES string of the molecule is CC(C)[Si](OC1CCC([Si](C)(C)N2CCCN3CCCN=C32)C1)(C(C)C)C(C)C.[CH3-].[Cl][Cr+][Cl]. The van der Waals surface area contributed by atoms with E-state index in [0.29, 0.717) is 22.7 Å². The van der Waals surface area contributed by atoms with E-state index in [9.17, 15) is 0 Å². The molecule has 9 heteroatoms. The van der Waals surface area contributed by atoms with E-state index in [0.717, 1.165) is 12.1 Å². The second-order valence-corrected chi connectivity index (χ2v) is 23.5.